The molecule has 3 rings (SSSR count). The maximum atomic E-state index is 11.3. The molecule has 1 aliphatic carbocycles. The zero-order valence-corrected chi connectivity index (χ0v) is 21.2. The molecule has 0 aromatic rings. The van der Waals surface area contributed by atoms with Crippen LogP contribution in [0.3, 0.4) is 0 Å². The molecule has 2 heterocycles. The quantitative estimate of drug-likeness (QED) is 0.217. The van der Waals surface area contributed by atoms with Gasteiger partial charge in [-0.2, -0.15) is 0 Å². The number of allylic oxidation sites excluding steroid dienone is 2. The number of carbonyl (C=O) groups excluding carboxylic acids is 1. The molecule has 0 radical (unpaired) electrons. The average molecular weight is 485 g/mol. The van der Waals surface area contributed by atoms with Crippen molar-refractivity contribution in [2.75, 3.05) is 34.5 Å². The minimum absolute atomic E-state index is 0.00189. The van der Waals surface area contributed by atoms with Gasteiger partial charge in [0.2, 0.25) is 0 Å². The van der Waals surface area contributed by atoms with Crippen LogP contribution >= 0.6 is 0 Å². The van der Waals surface area contributed by atoms with E-state index in [9.17, 15) is 4.79 Å². The third-order valence-corrected chi connectivity index (χ3v) is 7.15. The fraction of sp³-hybridized carbons (Fsp3) is 0.885. The van der Waals surface area contributed by atoms with E-state index in [0.717, 1.165) is 71.0 Å². The number of hydrogen-bond acceptors (Lipinski definition) is 8. The molecular formula is C26H44O8. The Labute approximate surface area is 204 Å². The van der Waals surface area contributed by atoms with Crippen molar-refractivity contribution >= 4 is 5.97 Å². The summed E-state index contributed by atoms with van der Waals surface area (Å²) >= 11 is 0. The van der Waals surface area contributed by atoms with Crippen molar-refractivity contribution in [1.82, 2.24) is 0 Å². The molecule has 0 spiro atoms. The second-order valence-electron chi connectivity index (χ2n) is 9.42. The number of rotatable bonds is 13. The average Bonchev–Trinajstić information content (AvgIpc) is 3.19. The van der Waals surface area contributed by atoms with Gasteiger partial charge in [0.25, 0.3) is 0 Å². The summed E-state index contributed by atoms with van der Waals surface area (Å²) in [6.07, 6.45) is 13.3. The summed E-state index contributed by atoms with van der Waals surface area (Å²) < 4.78 is 41.1. The van der Waals surface area contributed by atoms with Gasteiger partial charge in [0.15, 0.2) is 18.9 Å². The topological polar surface area (TPSA) is 81.7 Å². The van der Waals surface area contributed by atoms with Gasteiger partial charge in [0.1, 0.15) is 0 Å². The standard InChI is InChI=1S/C26H44O8/c1-28-22(27)13-7-5-4-6-12-19-20(33-23-14-8-10-16-31-23)18-21(25(19)26(29-2)30-3)34-24-15-9-11-17-32-24/h4-5,19-21,23-26H,6-18H2,1-3H3/t19-,20-,21+,23?,24?,25+/m0/s1. The summed E-state index contributed by atoms with van der Waals surface area (Å²) in [6.45, 7) is 1.50. The molecule has 0 amide bonds. The van der Waals surface area contributed by atoms with Crippen LogP contribution in [0, 0.1) is 11.8 Å². The molecule has 0 bridgehead atoms. The Hall–Kier alpha value is -1.03. The van der Waals surface area contributed by atoms with Gasteiger partial charge in [0, 0.05) is 46.2 Å². The molecular weight excluding hydrogens is 440 g/mol. The summed E-state index contributed by atoms with van der Waals surface area (Å²) in [4.78, 5) is 11.3. The second-order valence-corrected chi connectivity index (χ2v) is 9.42. The number of ether oxygens (including phenoxy) is 7. The molecule has 196 valence electrons. The van der Waals surface area contributed by atoms with Gasteiger partial charge in [-0.1, -0.05) is 12.2 Å². The van der Waals surface area contributed by atoms with Gasteiger partial charge >= 0.3 is 5.97 Å². The molecule has 2 saturated heterocycles. The summed E-state index contributed by atoms with van der Waals surface area (Å²) in [7, 11) is 4.79. The Balaban J connectivity index is 1.68. The van der Waals surface area contributed by atoms with E-state index in [0.29, 0.717) is 12.8 Å². The summed E-state index contributed by atoms with van der Waals surface area (Å²) in [5.74, 6) is 0.0290. The number of hydrogen-bond donors (Lipinski definition) is 0. The maximum absolute atomic E-state index is 11.3. The zero-order chi connectivity index (χ0) is 24.2. The lowest BCUT2D eigenvalue weighted by atomic mass is 9.88. The van der Waals surface area contributed by atoms with Crippen molar-refractivity contribution < 1.29 is 38.0 Å². The van der Waals surface area contributed by atoms with Crippen LogP contribution in [0.4, 0.5) is 0 Å². The first kappa shape index (κ1) is 27.6. The molecule has 8 heteroatoms. The molecule has 8 nitrogen and oxygen atoms in total. The third-order valence-electron chi connectivity index (χ3n) is 7.15. The summed E-state index contributed by atoms with van der Waals surface area (Å²) in [6, 6.07) is 0. The Morgan fingerprint density at radius 1 is 0.882 bits per heavy atom. The van der Waals surface area contributed by atoms with Crippen molar-refractivity contribution in [3.05, 3.63) is 12.2 Å². The number of methoxy groups -OCH3 is 3. The fourth-order valence-corrected chi connectivity index (χ4v) is 5.41. The van der Waals surface area contributed by atoms with Crippen LogP contribution < -0.4 is 0 Å². The highest BCUT2D eigenvalue weighted by Gasteiger charge is 2.50. The molecule has 1 saturated carbocycles. The Kier molecular flexibility index (Phi) is 12.3. The smallest absolute Gasteiger partial charge is 0.305 e. The molecule has 2 unspecified atom stereocenters. The van der Waals surface area contributed by atoms with Crippen LogP contribution in [0.25, 0.3) is 0 Å². The molecule has 0 N–H and O–H groups in total. The van der Waals surface area contributed by atoms with E-state index in [2.05, 4.69) is 12.2 Å². The molecule has 34 heavy (non-hydrogen) atoms. The van der Waals surface area contributed by atoms with Gasteiger partial charge < -0.3 is 33.2 Å². The predicted octanol–water partition coefficient (Wildman–Crippen LogP) is 4.35. The van der Waals surface area contributed by atoms with E-state index in [1.54, 1.807) is 14.2 Å². The Morgan fingerprint density at radius 3 is 2.06 bits per heavy atom. The summed E-state index contributed by atoms with van der Waals surface area (Å²) in [5, 5.41) is 0. The van der Waals surface area contributed by atoms with Gasteiger partial charge in [-0.25, -0.2) is 0 Å². The van der Waals surface area contributed by atoms with Crippen LogP contribution in [-0.2, 0) is 38.0 Å². The van der Waals surface area contributed by atoms with Gasteiger partial charge in [-0.05, 0) is 63.7 Å². The Morgan fingerprint density at radius 2 is 1.50 bits per heavy atom. The SMILES string of the molecule is COC(=O)CCC=CCC[C@@H]1[C@@H](C(OC)OC)[C@H](OC2CCCCO2)C[C@@H]1OC1CCCCO1. The fourth-order valence-electron chi connectivity index (χ4n) is 5.41. The van der Waals surface area contributed by atoms with Crippen molar-refractivity contribution in [1.29, 1.82) is 0 Å². The van der Waals surface area contributed by atoms with Crippen molar-refractivity contribution in [3.63, 3.8) is 0 Å². The highest BCUT2D eigenvalue weighted by Crippen LogP contribution is 2.44. The first-order chi connectivity index (χ1) is 16.7. The normalized spacial score (nSPS) is 32.5. The zero-order valence-electron chi connectivity index (χ0n) is 21.2. The highest BCUT2D eigenvalue weighted by molar-refractivity contribution is 5.69. The number of carbonyl (C=O) groups is 1. The molecule has 0 aromatic heterocycles. The van der Waals surface area contributed by atoms with Crippen molar-refractivity contribution in [3.8, 4) is 0 Å². The molecule has 0 aromatic carbocycles. The van der Waals surface area contributed by atoms with Crippen LogP contribution in [0.15, 0.2) is 12.2 Å². The Bertz CT molecular complexity index is 596. The van der Waals surface area contributed by atoms with Crippen molar-refractivity contribution in [2.24, 2.45) is 11.8 Å². The molecule has 2 aliphatic heterocycles. The molecule has 3 fully saturated rings. The highest BCUT2D eigenvalue weighted by atomic mass is 16.7. The number of esters is 1. The lowest BCUT2D eigenvalue weighted by Crippen LogP contribution is -2.40. The second kappa shape index (κ2) is 15.2. The van der Waals surface area contributed by atoms with Crippen LogP contribution in [0.2, 0.25) is 0 Å². The largest absolute Gasteiger partial charge is 0.469 e. The molecule has 6 atom stereocenters. The van der Waals surface area contributed by atoms with E-state index >= 15 is 0 Å². The van der Waals surface area contributed by atoms with Gasteiger partial charge in [-0.15, -0.1) is 0 Å². The van der Waals surface area contributed by atoms with E-state index in [1.165, 1.54) is 7.11 Å². The first-order valence-corrected chi connectivity index (χ1v) is 13.0. The lowest BCUT2D eigenvalue weighted by molar-refractivity contribution is -0.227. The monoisotopic (exact) mass is 484 g/mol. The maximum Gasteiger partial charge on any atom is 0.305 e. The third kappa shape index (κ3) is 8.28. The first-order valence-electron chi connectivity index (χ1n) is 13.0. The van der Waals surface area contributed by atoms with Crippen LogP contribution in [0.5, 0.6) is 0 Å². The van der Waals surface area contributed by atoms with Gasteiger partial charge in [-0.3, -0.25) is 4.79 Å². The van der Waals surface area contributed by atoms with E-state index < -0.39 is 0 Å². The van der Waals surface area contributed by atoms with E-state index in [1.807, 2.05) is 0 Å². The van der Waals surface area contributed by atoms with E-state index in [4.69, 9.17) is 33.2 Å². The minimum Gasteiger partial charge on any atom is -0.469 e. The molecule has 3 aliphatic rings. The lowest BCUT2D eigenvalue weighted by Gasteiger charge is -2.34. The van der Waals surface area contributed by atoms with E-state index in [-0.39, 0.29) is 48.9 Å². The minimum atomic E-state index is -0.386. The van der Waals surface area contributed by atoms with Crippen LogP contribution in [0.1, 0.15) is 70.6 Å². The predicted molar refractivity (Wildman–Crippen MR) is 126 cm³/mol. The van der Waals surface area contributed by atoms with Gasteiger partial charge in [0.05, 0.1) is 19.3 Å². The van der Waals surface area contributed by atoms with Crippen LogP contribution in [-0.4, -0.2) is 71.6 Å². The van der Waals surface area contributed by atoms with Crippen molar-refractivity contribution in [2.45, 2.75) is 102 Å². The summed E-state index contributed by atoms with van der Waals surface area (Å²) in [5.41, 5.74) is 0.